The third-order valence-corrected chi connectivity index (χ3v) is 5.40. The SMILES string of the molecule is CCCCC(CC)COC(=O)c1ccccc1C(=O)O[C@@H]1O[C@H](C(=O)O)[C@@H](O)[C@H](O)[C@H]1O. The van der Waals surface area contributed by atoms with Crippen molar-refractivity contribution in [1.29, 1.82) is 0 Å². The van der Waals surface area contributed by atoms with E-state index >= 15 is 0 Å². The fraction of sp³-hybridized carbons (Fsp3) is 0.591. The Morgan fingerprint density at radius 1 is 1.00 bits per heavy atom. The lowest BCUT2D eigenvalue weighted by Crippen LogP contribution is -2.60. The summed E-state index contributed by atoms with van der Waals surface area (Å²) >= 11 is 0. The summed E-state index contributed by atoms with van der Waals surface area (Å²) in [7, 11) is 0. The van der Waals surface area contributed by atoms with E-state index in [0.717, 1.165) is 25.7 Å². The Balaban J connectivity index is 2.11. The standard InChI is InChI=1S/C22H30O10/c1-3-5-8-12(4-2)11-30-20(28)13-9-6-7-10-14(13)21(29)32-22-17(25)15(23)16(24)18(31-22)19(26)27/h6-7,9-10,12,15-18,22-25H,3-5,8,11H2,1-2H3,(H,26,27)/t12?,15-,16-,17+,18-,22-/m0/s1. The van der Waals surface area contributed by atoms with E-state index in [0.29, 0.717) is 0 Å². The van der Waals surface area contributed by atoms with Gasteiger partial charge in [0.2, 0.25) is 6.29 Å². The van der Waals surface area contributed by atoms with Crippen LogP contribution in [-0.4, -0.2) is 75.6 Å². The van der Waals surface area contributed by atoms with Gasteiger partial charge in [-0.05, 0) is 24.5 Å². The van der Waals surface area contributed by atoms with Crippen molar-refractivity contribution >= 4 is 17.9 Å². The second-order valence-corrected chi connectivity index (χ2v) is 7.70. The normalized spacial score (nSPS) is 26.2. The number of esters is 2. The Kier molecular flexibility index (Phi) is 9.58. The van der Waals surface area contributed by atoms with Crippen molar-refractivity contribution in [3.05, 3.63) is 35.4 Å². The minimum absolute atomic E-state index is 0.0662. The summed E-state index contributed by atoms with van der Waals surface area (Å²) in [5, 5.41) is 38.7. The average Bonchev–Trinajstić information content (AvgIpc) is 2.79. The van der Waals surface area contributed by atoms with Gasteiger partial charge in [-0.1, -0.05) is 45.2 Å². The van der Waals surface area contributed by atoms with Crippen LogP contribution in [0.3, 0.4) is 0 Å². The zero-order chi connectivity index (χ0) is 23.8. The summed E-state index contributed by atoms with van der Waals surface area (Å²) in [6.07, 6.45) is -5.72. The number of aliphatic carboxylic acids is 1. The molecule has 1 saturated heterocycles. The van der Waals surface area contributed by atoms with Crippen LogP contribution in [0.25, 0.3) is 0 Å². The van der Waals surface area contributed by atoms with Crippen LogP contribution in [0.15, 0.2) is 24.3 Å². The molecule has 1 aliphatic rings. The summed E-state index contributed by atoms with van der Waals surface area (Å²) in [5.41, 5.74) is -0.245. The van der Waals surface area contributed by atoms with Gasteiger partial charge >= 0.3 is 17.9 Å². The van der Waals surface area contributed by atoms with Gasteiger partial charge in [0.05, 0.1) is 17.7 Å². The van der Waals surface area contributed by atoms with Crippen molar-refractivity contribution in [1.82, 2.24) is 0 Å². The molecule has 10 heteroatoms. The molecule has 0 spiro atoms. The molecule has 4 N–H and O–H groups in total. The van der Waals surface area contributed by atoms with Crippen molar-refractivity contribution < 1.29 is 49.0 Å². The number of benzene rings is 1. The topological polar surface area (TPSA) is 160 Å². The van der Waals surface area contributed by atoms with Crippen molar-refractivity contribution in [2.45, 2.75) is 70.2 Å². The number of aliphatic hydroxyl groups is 3. The second-order valence-electron chi connectivity index (χ2n) is 7.70. The van der Waals surface area contributed by atoms with Crippen LogP contribution in [0.2, 0.25) is 0 Å². The van der Waals surface area contributed by atoms with E-state index in [2.05, 4.69) is 6.92 Å². The maximum atomic E-state index is 12.7. The number of carbonyl (C=O) groups excluding carboxylic acids is 2. The van der Waals surface area contributed by atoms with Crippen LogP contribution in [0.4, 0.5) is 0 Å². The summed E-state index contributed by atoms with van der Waals surface area (Å²) in [6, 6.07) is 5.71. The molecule has 0 radical (unpaired) electrons. The largest absolute Gasteiger partial charge is 0.479 e. The number of aliphatic hydroxyl groups excluding tert-OH is 3. The molecule has 1 fully saturated rings. The summed E-state index contributed by atoms with van der Waals surface area (Å²) in [4.78, 5) is 36.5. The number of hydrogen-bond acceptors (Lipinski definition) is 9. The van der Waals surface area contributed by atoms with Crippen LogP contribution in [0.5, 0.6) is 0 Å². The molecular weight excluding hydrogens is 424 g/mol. The lowest BCUT2D eigenvalue weighted by molar-refractivity contribution is -0.278. The molecule has 0 aromatic heterocycles. The van der Waals surface area contributed by atoms with Crippen LogP contribution in [-0.2, 0) is 19.0 Å². The van der Waals surface area contributed by atoms with E-state index in [9.17, 15) is 29.7 Å². The van der Waals surface area contributed by atoms with Crippen LogP contribution >= 0.6 is 0 Å². The molecule has 1 aliphatic heterocycles. The Bertz CT molecular complexity index is 795. The van der Waals surface area contributed by atoms with E-state index in [1.54, 1.807) is 0 Å². The first-order chi connectivity index (χ1) is 15.2. The molecule has 1 aromatic carbocycles. The molecule has 32 heavy (non-hydrogen) atoms. The highest BCUT2D eigenvalue weighted by molar-refractivity contribution is 6.03. The van der Waals surface area contributed by atoms with Gasteiger partial charge in [-0.15, -0.1) is 0 Å². The van der Waals surface area contributed by atoms with E-state index in [1.165, 1.54) is 24.3 Å². The van der Waals surface area contributed by atoms with Crippen LogP contribution in [0.1, 0.15) is 60.2 Å². The number of unbranched alkanes of at least 4 members (excludes halogenated alkanes) is 1. The minimum Gasteiger partial charge on any atom is -0.479 e. The van der Waals surface area contributed by atoms with E-state index < -0.39 is 48.6 Å². The van der Waals surface area contributed by atoms with Gasteiger partial charge in [-0.25, -0.2) is 14.4 Å². The quantitative estimate of drug-likeness (QED) is 0.377. The molecule has 6 atom stereocenters. The monoisotopic (exact) mass is 454 g/mol. The van der Waals surface area contributed by atoms with Crippen molar-refractivity contribution in [2.24, 2.45) is 5.92 Å². The van der Waals surface area contributed by atoms with Crippen molar-refractivity contribution in [3.8, 4) is 0 Å². The number of carboxylic acid groups (broad SMARTS) is 1. The number of rotatable bonds is 10. The maximum Gasteiger partial charge on any atom is 0.341 e. The number of hydrogen-bond donors (Lipinski definition) is 4. The molecule has 0 aliphatic carbocycles. The van der Waals surface area contributed by atoms with Gasteiger partial charge in [0.1, 0.15) is 18.3 Å². The number of carbonyl (C=O) groups is 3. The molecule has 1 unspecified atom stereocenters. The Hall–Kier alpha value is -2.53. The van der Waals surface area contributed by atoms with E-state index in [1.807, 2.05) is 6.92 Å². The minimum atomic E-state index is -1.92. The molecule has 1 aromatic rings. The van der Waals surface area contributed by atoms with Gasteiger partial charge in [0.15, 0.2) is 6.10 Å². The molecular formula is C22H30O10. The predicted octanol–water partition coefficient (Wildman–Crippen LogP) is 1.11. The first-order valence-corrected chi connectivity index (χ1v) is 10.6. The van der Waals surface area contributed by atoms with Crippen molar-refractivity contribution in [3.63, 3.8) is 0 Å². The second kappa shape index (κ2) is 11.9. The maximum absolute atomic E-state index is 12.7. The highest BCUT2D eigenvalue weighted by Gasteiger charge is 2.48. The van der Waals surface area contributed by atoms with Crippen molar-refractivity contribution in [2.75, 3.05) is 6.61 Å². The predicted molar refractivity (Wildman–Crippen MR) is 110 cm³/mol. The molecule has 178 valence electrons. The molecule has 10 nitrogen and oxygen atoms in total. The molecule has 1 heterocycles. The Morgan fingerprint density at radius 3 is 2.19 bits per heavy atom. The molecule has 0 saturated carbocycles. The first-order valence-electron chi connectivity index (χ1n) is 10.6. The zero-order valence-electron chi connectivity index (χ0n) is 18.0. The lowest BCUT2D eigenvalue weighted by atomic mass is 9.99. The fourth-order valence-corrected chi connectivity index (χ4v) is 3.33. The molecule has 2 rings (SSSR count). The third-order valence-electron chi connectivity index (χ3n) is 5.40. The average molecular weight is 454 g/mol. The van der Waals surface area contributed by atoms with Crippen LogP contribution in [0, 0.1) is 5.92 Å². The van der Waals surface area contributed by atoms with Gasteiger partial charge in [0.25, 0.3) is 0 Å². The number of ether oxygens (including phenoxy) is 3. The number of carboxylic acids is 1. The first kappa shape index (κ1) is 25.7. The Morgan fingerprint density at radius 2 is 1.62 bits per heavy atom. The smallest absolute Gasteiger partial charge is 0.341 e. The summed E-state index contributed by atoms with van der Waals surface area (Å²) in [5.74, 6) is -3.23. The molecule has 0 bridgehead atoms. The van der Waals surface area contributed by atoms with Gasteiger partial charge in [-0.2, -0.15) is 0 Å². The molecule has 0 amide bonds. The van der Waals surface area contributed by atoms with Gasteiger partial charge in [0, 0.05) is 0 Å². The summed E-state index contributed by atoms with van der Waals surface area (Å²) < 4.78 is 15.4. The van der Waals surface area contributed by atoms with Gasteiger partial charge in [-0.3, -0.25) is 0 Å². The van der Waals surface area contributed by atoms with Gasteiger partial charge < -0.3 is 34.6 Å². The highest BCUT2D eigenvalue weighted by atomic mass is 16.7. The fourth-order valence-electron chi connectivity index (χ4n) is 3.33. The third kappa shape index (κ3) is 6.26. The highest BCUT2D eigenvalue weighted by Crippen LogP contribution is 2.24. The summed E-state index contributed by atoms with van der Waals surface area (Å²) in [6.45, 7) is 4.28. The van der Waals surface area contributed by atoms with Crippen LogP contribution < -0.4 is 0 Å². The van der Waals surface area contributed by atoms with E-state index in [4.69, 9.17) is 19.3 Å². The van der Waals surface area contributed by atoms with E-state index in [-0.39, 0.29) is 23.7 Å². The lowest BCUT2D eigenvalue weighted by Gasteiger charge is -2.37. The Labute approximate surface area is 185 Å². The zero-order valence-corrected chi connectivity index (χ0v) is 18.0.